The van der Waals surface area contributed by atoms with Crippen molar-refractivity contribution in [2.24, 2.45) is 0 Å². The molecule has 0 N–H and O–H groups in total. The lowest BCUT2D eigenvalue weighted by Crippen LogP contribution is -2.05. The Morgan fingerprint density at radius 1 is 0.676 bits per heavy atom. The molecular formula is C27H20F4O3. The molecule has 0 aliphatic heterocycles. The van der Waals surface area contributed by atoms with E-state index in [9.17, 15) is 17.6 Å². The van der Waals surface area contributed by atoms with Gasteiger partial charge in [-0.2, -0.15) is 13.2 Å². The van der Waals surface area contributed by atoms with E-state index in [4.69, 9.17) is 14.2 Å². The van der Waals surface area contributed by atoms with E-state index < -0.39 is 17.6 Å². The summed E-state index contributed by atoms with van der Waals surface area (Å²) in [5, 5.41) is 0. The van der Waals surface area contributed by atoms with Crippen molar-refractivity contribution in [3.8, 4) is 28.7 Å². The summed E-state index contributed by atoms with van der Waals surface area (Å²) in [4.78, 5) is 0. The van der Waals surface area contributed by atoms with Gasteiger partial charge in [0.05, 0.1) is 5.56 Å². The Kier molecular flexibility index (Phi) is 6.72. The normalized spacial score (nSPS) is 11.2. The Balaban J connectivity index is 1.62. The lowest BCUT2D eigenvalue weighted by Gasteiger charge is -2.16. The van der Waals surface area contributed by atoms with E-state index in [1.165, 1.54) is 18.2 Å². The minimum Gasteiger partial charge on any atom is -0.489 e. The first-order valence-electron chi connectivity index (χ1n) is 10.4. The number of benzene rings is 4. The van der Waals surface area contributed by atoms with Crippen LogP contribution in [0.15, 0.2) is 91.0 Å². The fraction of sp³-hybridized carbons (Fsp3) is 0.111. The van der Waals surface area contributed by atoms with Crippen LogP contribution >= 0.6 is 0 Å². The van der Waals surface area contributed by atoms with Gasteiger partial charge >= 0.3 is 6.18 Å². The second-order valence-corrected chi connectivity index (χ2v) is 7.55. The van der Waals surface area contributed by atoms with Crippen LogP contribution < -0.4 is 14.2 Å². The Labute approximate surface area is 194 Å². The lowest BCUT2D eigenvalue weighted by atomic mass is 10.2. The van der Waals surface area contributed by atoms with Gasteiger partial charge in [-0.1, -0.05) is 42.5 Å². The molecule has 0 fully saturated rings. The first-order chi connectivity index (χ1) is 16.3. The van der Waals surface area contributed by atoms with Gasteiger partial charge in [0.25, 0.3) is 0 Å². The van der Waals surface area contributed by atoms with Crippen LogP contribution in [0, 0.1) is 12.7 Å². The van der Waals surface area contributed by atoms with Crippen molar-refractivity contribution >= 4 is 0 Å². The van der Waals surface area contributed by atoms with Crippen LogP contribution in [0.2, 0.25) is 0 Å². The Bertz CT molecular complexity index is 1270. The molecule has 0 amide bonds. The number of alkyl halides is 3. The Morgan fingerprint density at radius 2 is 1.38 bits per heavy atom. The summed E-state index contributed by atoms with van der Waals surface area (Å²) < 4.78 is 71.2. The summed E-state index contributed by atoms with van der Waals surface area (Å²) in [6.45, 7) is 2.18. The molecule has 0 saturated heterocycles. The summed E-state index contributed by atoms with van der Waals surface area (Å²) in [7, 11) is 0. The standard InChI is InChI=1S/C27H20F4O3/c1-18-13-21(32-17-19-7-3-2-4-8-19)16-22(14-18)33-25-12-11-20(27(29,30)31)15-26(25)34-24-10-6-5-9-23(24)28/h2-16H,17H2,1H3. The Hall–Kier alpha value is -4.00. The van der Waals surface area contributed by atoms with E-state index in [0.29, 0.717) is 18.1 Å². The van der Waals surface area contributed by atoms with E-state index in [-0.39, 0.29) is 17.2 Å². The molecule has 0 bridgehead atoms. The molecule has 3 nitrogen and oxygen atoms in total. The molecule has 0 spiro atoms. The van der Waals surface area contributed by atoms with E-state index in [2.05, 4.69) is 0 Å². The zero-order valence-electron chi connectivity index (χ0n) is 18.1. The van der Waals surface area contributed by atoms with Crippen molar-refractivity contribution in [3.05, 3.63) is 114 Å². The predicted molar refractivity (Wildman–Crippen MR) is 120 cm³/mol. The van der Waals surface area contributed by atoms with Gasteiger partial charge in [0.15, 0.2) is 23.1 Å². The number of rotatable bonds is 7. The van der Waals surface area contributed by atoms with Gasteiger partial charge in [0.1, 0.15) is 18.1 Å². The van der Waals surface area contributed by atoms with E-state index in [0.717, 1.165) is 35.4 Å². The SMILES string of the molecule is Cc1cc(OCc2ccccc2)cc(Oc2ccc(C(F)(F)F)cc2Oc2ccccc2F)c1. The maximum absolute atomic E-state index is 14.1. The van der Waals surface area contributed by atoms with Crippen molar-refractivity contribution < 1.29 is 31.8 Å². The zero-order chi connectivity index (χ0) is 24.1. The highest BCUT2D eigenvalue weighted by Crippen LogP contribution is 2.41. The number of para-hydroxylation sites is 1. The van der Waals surface area contributed by atoms with Crippen LogP contribution in [-0.4, -0.2) is 0 Å². The van der Waals surface area contributed by atoms with E-state index in [1.54, 1.807) is 12.1 Å². The molecule has 0 radical (unpaired) electrons. The highest BCUT2D eigenvalue weighted by molar-refractivity contribution is 5.49. The first kappa shape index (κ1) is 23.2. The second-order valence-electron chi connectivity index (χ2n) is 7.55. The number of aryl methyl sites for hydroxylation is 1. The molecule has 4 rings (SSSR count). The van der Waals surface area contributed by atoms with Gasteiger partial charge in [-0.25, -0.2) is 4.39 Å². The lowest BCUT2D eigenvalue weighted by molar-refractivity contribution is -0.137. The van der Waals surface area contributed by atoms with Gasteiger partial charge in [-0.3, -0.25) is 0 Å². The quantitative estimate of drug-likeness (QED) is 0.255. The van der Waals surface area contributed by atoms with E-state index in [1.807, 2.05) is 43.3 Å². The molecule has 4 aromatic rings. The first-order valence-corrected chi connectivity index (χ1v) is 10.4. The third kappa shape index (κ3) is 5.86. The molecule has 0 aliphatic rings. The number of ether oxygens (including phenoxy) is 3. The molecule has 0 unspecified atom stereocenters. The third-order valence-electron chi connectivity index (χ3n) is 4.83. The minimum absolute atomic E-state index is 0.00383. The van der Waals surface area contributed by atoms with Crippen molar-refractivity contribution in [2.45, 2.75) is 19.7 Å². The van der Waals surface area contributed by atoms with E-state index >= 15 is 0 Å². The minimum atomic E-state index is -4.60. The van der Waals surface area contributed by atoms with Crippen molar-refractivity contribution in [2.75, 3.05) is 0 Å². The van der Waals surface area contributed by atoms with Crippen LogP contribution in [-0.2, 0) is 12.8 Å². The largest absolute Gasteiger partial charge is 0.489 e. The smallest absolute Gasteiger partial charge is 0.416 e. The van der Waals surface area contributed by atoms with Gasteiger partial charge < -0.3 is 14.2 Å². The fourth-order valence-electron chi connectivity index (χ4n) is 3.22. The molecule has 7 heteroatoms. The average molecular weight is 468 g/mol. The number of hydrogen-bond acceptors (Lipinski definition) is 3. The molecule has 4 aromatic carbocycles. The summed E-state index contributed by atoms with van der Waals surface area (Å²) in [5.74, 6) is -0.339. The maximum Gasteiger partial charge on any atom is 0.416 e. The summed E-state index contributed by atoms with van der Waals surface area (Å²) in [6.07, 6.45) is -4.60. The molecule has 0 aromatic heterocycles. The maximum atomic E-state index is 14.1. The predicted octanol–water partition coefficient (Wildman–Crippen LogP) is 8.32. The van der Waals surface area contributed by atoms with Crippen molar-refractivity contribution in [1.82, 2.24) is 0 Å². The van der Waals surface area contributed by atoms with Gasteiger partial charge in [-0.05, 0) is 60.5 Å². The molecule has 174 valence electrons. The second kappa shape index (κ2) is 9.87. The van der Waals surface area contributed by atoms with Crippen LogP contribution in [0.4, 0.5) is 17.6 Å². The van der Waals surface area contributed by atoms with Crippen LogP contribution in [0.1, 0.15) is 16.7 Å². The highest BCUT2D eigenvalue weighted by atomic mass is 19.4. The molecule has 0 saturated carbocycles. The molecular weight excluding hydrogens is 448 g/mol. The monoisotopic (exact) mass is 468 g/mol. The van der Waals surface area contributed by atoms with Crippen molar-refractivity contribution in [1.29, 1.82) is 0 Å². The number of halogens is 4. The van der Waals surface area contributed by atoms with Crippen LogP contribution in [0.25, 0.3) is 0 Å². The van der Waals surface area contributed by atoms with Crippen LogP contribution in [0.3, 0.4) is 0 Å². The Morgan fingerprint density at radius 3 is 2.12 bits per heavy atom. The average Bonchev–Trinajstić information content (AvgIpc) is 2.80. The van der Waals surface area contributed by atoms with Gasteiger partial charge in [-0.15, -0.1) is 0 Å². The molecule has 34 heavy (non-hydrogen) atoms. The summed E-state index contributed by atoms with van der Waals surface area (Å²) in [6, 6.07) is 23.0. The zero-order valence-corrected chi connectivity index (χ0v) is 18.1. The number of hydrogen-bond donors (Lipinski definition) is 0. The van der Waals surface area contributed by atoms with Crippen LogP contribution in [0.5, 0.6) is 28.7 Å². The molecule has 0 heterocycles. The molecule has 0 atom stereocenters. The fourth-order valence-corrected chi connectivity index (χ4v) is 3.22. The topological polar surface area (TPSA) is 27.7 Å². The third-order valence-corrected chi connectivity index (χ3v) is 4.83. The van der Waals surface area contributed by atoms with Crippen molar-refractivity contribution in [3.63, 3.8) is 0 Å². The van der Waals surface area contributed by atoms with Gasteiger partial charge in [0.2, 0.25) is 0 Å². The highest BCUT2D eigenvalue weighted by Gasteiger charge is 2.32. The molecule has 0 aliphatic carbocycles. The summed E-state index contributed by atoms with van der Waals surface area (Å²) >= 11 is 0. The van der Waals surface area contributed by atoms with Gasteiger partial charge in [0, 0.05) is 6.07 Å². The summed E-state index contributed by atoms with van der Waals surface area (Å²) in [5.41, 5.74) is 0.862.